The van der Waals surface area contributed by atoms with Gasteiger partial charge in [0.05, 0.1) is 41.2 Å². The van der Waals surface area contributed by atoms with E-state index in [0.29, 0.717) is 51.0 Å². The monoisotopic (exact) mass is 840 g/mol. The zero-order chi connectivity index (χ0) is 41.2. The van der Waals surface area contributed by atoms with Gasteiger partial charge in [-0.1, -0.05) is 17.7 Å². The Hall–Kier alpha value is -4.87. The second kappa shape index (κ2) is 14.7. The lowest BCUT2D eigenvalue weighted by molar-refractivity contribution is -0.141. The molecule has 310 valence electrons. The van der Waals surface area contributed by atoms with Crippen molar-refractivity contribution in [3.05, 3.63) is 71.0 Å². The number of aromatic nitrogens is 3. The summed E-state index contributed by atoms with van der Waals surface area (Å²) in [5, 5.41) is 0.517. The standard InChI is InChI=1S/C40H46ClFN6O9S/c1-6-53-33(49)23-48(58(51,52)45-37(50)57-38(2,3)4)25-18-28(42)34-30(19-25)47(22-26-12-17-54-26)36(44-34)27-20-40(27)13-15-46(16-14-40)29-8-7-9-31-35(29)56-39(5,55-31)32-11-10-24(41)21-43-32/h7-11,18-19,21,26-27H,6,12-17,20,22-23H2,1-5H3,(H,45,50)/t26-,27-,39?/m0/s1. The number of para-hydroxylation sites is 1. The predicted molar refractivity (Wildman–Crippen MR) is 212 cm³/mol. The fraction of sp³-hybridized carbons (Fsp3) is 0.500. The Morgan fingerprint density at radius 3 is 2.55 bits per heavy atom. The van der Waals surface area contributed by atoms with E-state index in [0.717, 1.165) is 50.5 Å². The van der Waals surface area contributed by atoms with Crippen LogP contribution < -0.4 is 23.4 Å². The molecule has 4 aromatic rings. The van der Waals surface area contributed by atoms with E-state index in [1.165, 1.54) is 6.07 Å². The molecule has 3 atom stereocenters. The molecule has 1 spiro atoms. The minimum atomic E-state index is -4.79. The molecule has 2 aromatic carbocycles. The van der Waals surface area contributed by atoms with Crippen molar-refractivity contribution in [1.29, 1.82) is 0 Å². The largest absolute Gasteiger partial charge is 0.465 e. The molecule has 1 saturated carbocycles. The number of fused-ring (bicyclic) bond motifs is 2. The van der Waals surface area contributed by atoms with Gasteiger partial charge in [-0.2, -0.15) is 8.42 Å². The van der Waals surface area contributed by atoms with E-state index in [1.54, 1.807) is 46.0 Å². The Bertz CT molecular complexity index is 2360. The molecule has 1 N–H and O–H groups in total. The van der Waals surface area contributed by atoms with E-state index in [-0.39, 0.29) is 35.2 Å². The number of nitrogens with one attached hydrogen (secondary N) is 1. The summed E-state index contributed by atoms with van der Waals surface area (Å²) >= 11 is 6.08. The molecule has 2 aromatic heterocycles. The minimum absolute atomic E-state index is 0.0125. The summed E-state index contributed by atoms with van der Waals surface area (Å²) < 4.78 is 76.7. The Labute approximate surface area is 340 Å². The third kappa shape index (κ3) is 7.71. The van der Waals surface area contributed by atoms with Gasteiger partial charge in [0.15, 0.2) is 17.3 Å². The van der Waals surface area contributed by atoms with Crippen molar-refractivity contribution >= 4 is 56.3 Å². The number of anilines is 2. The quantitative estimate of drug-likeness (QED) is 0.162. The maximum atomic E-state index is 16.2. The summed E-state index contributed by atoms with van der Waals surface area (Å²) in [6, 6.07) is 11.9. The van der Waals surface area contributed by atoms with E-state index >= 15 is 4.39 Å². The zero-order valence-electron chi connectivity index (χ0n) is 32.9. The SMILES string of the molecule is CCOC(=O)CN(c1cc(F)c2nc([C@@H]3CC34CCN(c3cccc5c3OC(C)(c3ccc(Cl)cn3)O5)CC4)n(C[C@@H]3CCO3)c2c1)S(=O)(=O)NC(=O)OC(C)(C)C. The maximum Gasteiger partial charge on any atom is 0.422 e. The topological polar surface area (TPSA) is 164 Å². The first kappa shape index (κ1) is 39.9. The molecule has 5 heterocycles. The molecule has 1 amide bonds. The number of benzene rings is 2. The lowest BCUT2D eigenvalue weighted by atomic mass is 9.90. The van der Waals surface area contributed by atoms with Gasteiger partial charge >= 0.3 is 22.3 Å². The van der Waals surface area contributed by atoms with E-state index in [4.69, 9.17) is 40.3 Å². The number of hydrogen-bond acceptors (Lipinski definition) is 12. The highest BCUT2D eigenvalue weighted by Crippen LogP contribution is 2.65. The van der Waals surface area contributed by atoms with Gasteiger partial charge in [-0.25, -0.2) is 23.2 Å². The number of esters is 1. The number of rotatable bonds is 11. The molecule has 8 rings (SSSR count). The third-order valence-electron chi connectivity index (χ3n) is 11.1. The third-order valence-corrected chi connectivity index (χ3v) is 12.7. The van der Waals surface area contributed by atoms with Crippen LogP contribution in [-0.2, 0) is 41.5 Å². The Kier molecular flexibility index (Phi) is 10.2. The molecule has 3 aliphatic heterocycles. The van der Waals surface area contributed by atoms with Gasteiger partial charge < -0.3 is 33.2 Å². The van der Waals surface area contributed by atoms with Crippen molar-refractivity contribution in [2.75, 3.05) is 42.1 Å². The number of carbonyl (C=O) groups excluding carboxylic acids is 2. The van der Waals surface area contributed by atoms with E-state index in [2.05, 4.69) is 9.88 Å². The Balaban J connectivity index is 1.06. The summed E-state index contributed by atoms with van der Waals surface area (Å²) in [6.07, 6.45) is 3.51. The van der Waals surface area contributed by atoms with Crippen molar-refractivity contribution in [3.63, 3.8) is 0 Å². The molecule has 4 aliphatic rings. The first-order chi connectivity index (χ1) is 27.5. The van der Waals surface area contributed by atoms with Crippen molar-refractivity contribution in [1.82, 2.24) is 19.3 Å². The van der Waals surface area contributed by atoms with Crippen molar-refractivity contribution in [2.24, 2.45) is 5.41 Å². The van der Waals surface area contributed by atoms with Crippen LogP contribution in [0.2, 0.25) is 5.02 Å². The van der Waals surface area contributed by atoms with Crippen LogP contribution in [0.5, 0.6) is 11.5 Å². The van der Waals surface area contributed by atoms with Crippen LogP contribution in [0.25, 0.3) is 11.0 Å². The summed E-state index contributed by atoms with van der Waals surface area (Å²) in [7, 11) is -4.79. The second-order valence-electron chi connectivity index (χ2n) is 16.3. The van der Waals surface area contributed by atoms with Gasteiger partial charge in [0.25, 0.3) is 5.79 Å². The van der Waals surface area contributed by atoms with Crippen molar-refractivity contribution in [2.45, 2.75) is 90.3 Å². The molecule has 58 heavy (non-hydrogen) atoms. The highest BCUT2D eigenvalue weighted by Gasteiger charge is 2.58. The van der Waals surface area contributed by atoms with Crippen molar-refractivity contribution in [3.8, 4) is 11.5 Å². The average molecular weight is 841 g/mol. The highest BCUT2D eigenvalue weighted by atomic mass is 35.5. The van der Waals surface area contributed by atoms with Crippen LogP contribution in [0.15, 0.2) is 48.7 Å². The summed E-state index contributed by atoms with van der Waals surface area (Å²) in [5.74, 6) is -0.803. The van der Waals surface area contributed by atoms with E-state index in [1.807, 2.05) is 34.4 Å². The van der Waals surface area contributed by atoms with Gasteiger partial charge in [0.2, 0.25) is 0 Å². The van der Waals surface area contributed by atoms with Crippen LogP contribution in [0.3, 0.4) is 0 Å². The Morgan fingerprint density at radius 1 is 1.14 bits per heavy atom. The number of halogens is 2. The predicted octanol–water partition coefficient (Wildman–Crippen LogP) is 6.57. The first-order valence-electron chi connectivity index (χ1n) is 19.4. The second-order valence-corrected chi connectivity index (χ2v) is 18.3. The summed E-state index contributed by atoms with van der Waals surface area (Å²) in [6.45, 7) is 9.74. The van der Waals surface area contributed by atoms with Crippen molar-refractivity contribution < 1.29 is 46.1 Å². The van der Waals surface area contributed by atoms with Gasteiger partial charge in [-0.05, 0) is 89.1 Å². The summed E-state index contributed by atoms with van der Waals surface area (Å²) in [4.78, 5) is 36.9. The molecule has 1 aliphatic carbocycles. The number of ether oxygens (including phenoxy) is 5. The number of carbonyl (C=O) groups is 2. The van der Waals surface area contributed by atoms with Crippen LogP contribution in [0, 0.1) is 11.2 Å². The number of imidazole rings is 1. The molecule has 0 radical (unpaired) electrons. The van der Waals surface area contributed by atoms with E-state index in [9.17, 15) is 18.0 Å². The number of amides is 1. The molecule has 2 saturated heterocycles. The maximum absolute atomic E-state index is 16.2. The number of pyridine rings is 1. The lowest BCUT2D eigenvalue weighted by Gasteiger charge is -2.35. The number of nitrogens with zero attached hydrogens (tertiary/aromatic N) is 5. The molecule has 1 unspecified atom stereocenters. The highest BCUT2D eigenvalue weighted by molar-refractivity contribution is 7.91. The number of hydrogen-bond donors (Lipinski definition) is 1. The van der Waals surface area contributed by atoms with Gasteiger partial charge in [-0.15, -0.1) is 0 Å². The van der Waals surface area contributed by atoms with Crippen LogP contribution in [0.4, 0.5) is 20.6 Å². The van der Waals surface area contributed by atoms with E-state index < -0.39 is 46.0 Å². The molecule has 0 bridgehead atoms. The van der Waals surface area contributed by atoms with Crippen LogP contribution in [0.1, 0.15) is 77.7 Å². The zero-order valence-corrected chi connectivity index (χ0v) is 34.5. The average Bonchev–Trinajstić information content (AvgIpc) is 3.49. The molecular formula is C40H46ClFN6O9S. The van der Waals surface area contributed by atoms with Crippen LogP contribution >= 0.6 is 11.6 Å². The van der Waals surface area contributed by atoms with Gasteiger partial charge in [0.1, 0.15) is 29.2 Å². The lowest BCUT2D eigenvalue weighted by Crippen LogP contribution is -2.47. The molecular weight excluding hydrogens is 795 g/mol. The van der Waals surface area contributed by atoms with Crippen LogP contribution in [-0.4, -0.2) is 79.6 Å². The van der Waals surface area contributed by atoms with Gasteiger partial charge in [0, 0.05) is 44.8 Å². The summed E-state index contributed by atoms with van der Waals surface area (Å²) in [5.41, 5.74) is 0.654. The fourth-order valence-electron chi connectivity index (χ4n) is 8.09. The molecule has 18 heteroatoms. The smallest absolute Gasteiger partial charge is 0.422 e. The fourth-order valence-corrected chi connectivity index (χ4v) is 9.22. The molecule has 15 nitrogen and oxygen atoms in total. The molecule has 3 fully saturated rings. The first-order valence-corrected chi connectivity index (χ1v) is 21.2. The minimum Gasteiger partial charge on any atom is -0.465 e. The normalized spacial score (nSPS) is 22.1. The number of piperidine rings is 1. The Morgan fingerprint density at radius 2 is 1.90 bits per heavy atom. The van der Waals surface area contributed by atoms with Gasteiger partial charge in [-0.3, -0.25) is 9.78 Å².